The molecule has 0 atom stereocenters. The molecule has 1 aromatic carbocycles. The quantitative estimate of drug-likeness (QED) is 0.810. The first-order valence-electron chi connectivity index (χ1n) is 4.42. The van der Waals surface area contributed by atoms with Crippen LogP contribution < -0.4 is 0 Å². The third-order valence-electron chi connectivity index (χ3n) is 2.04. The molecule has 74 valence electrons. The molecule has 0 spiro atoms. The molecule has 14 heavy (non-hydrogen) atoms. The van der Waals surface area contributed by atoms with Gasteiger partial charge < -0.3 is 9.72 Å². The van der Waals surface area contributed by atoms with Gasteiger partial charge in [-0.2, -0.15) is 0 Å². The van der Waals surface area contributed by atoms with E-state index in [0.29, 0.717) is 13.0 Å². The Morgan fingerprint density at radius 2 is 2.36 bits per heavy atom. The topological polar surface area (TPSA) is 37.9 Å². The Bertz CT molecular complexity index is 439. The van der Waals surface area contributed by atoms with E-state index < -0.39 is 0 Å². The number of H-pyrrole nitrogens is 1. The monoisotopic (exact) mass is 194 g/mol. The van der Waals surface area contributed by atoms with Crippen molar-refractivity contribution in [3.63, 3.8) is 0 Å². The van der Waals surface area contributed by atoms with Gasteiger partial charge in [-0.1, -0.05) is 0 Å². The number of halogens is 1. The molecule has 3 nitrogen and oxygen atoms in total. The van der Waals surface area contributed by atoms with Gasteiger partial charge in [-0.3, -0.25) is 0 Å². The summed E-state index contributed by atoms with van der Waals surface area (Å²) in [5.74, 6) is 0.576. The van der Waals surface area contributed by atoms with Crippen LogP contribution >= 0.6 is 0 Å². The lowest BCUT2D eigenvalue weighted by molar-refractivity contribution is 0.201. The summed E-state index contributed by atoms with van der Waals surface area (Å²) in [5, 5.41) is 0. The summed E-state index contributed by atoms with van der Waals surface area (Å²) in [6, 6.07) is 4.51. The summed E-state index contributed by atoms with van der Waals surface area (Å²) >= 11 is 0. The summed E-state index contributed by atoms with van der Waals surface area (Å²) < 4.78 is 17.8. The Labute approximate surface area is 80.9 Å². The number of aromatic amines is 1. The van der Waals surface area contributed by atoms with Crippen molar-refractivity contribution in [2.24, 2.45) is 0 Å². The van der Waals surface area contributed by atoms with E-state index in [2.05, 4.69) is 9.97 Å². The minimum absolute atomic E-state index is 0.251. The van der Waals surface area contributed by atoms with Gasteiger partial charge in [0.05, 0.1) is 17.6 Å². The molecule has 0 bridgehead atoms. The second kappa shape index (κ2) is 3.75. The molecule has 0 radical (unpaired) electrons. The average Bonchev–Trinajstić information content (AvgIpc) is 2.56. The molecular formula is C10H11FN2O. The molecule has 1 aromatic heterocycles. The highest BCUT2D eigenvalue weighted by Gasteiger charge is 2.02. The Morgan fingerprint density at radius 1 is 1.50 bits per heavy atom. The first kappa shape index (κ1) is 9.15. The molecule has 2 rings (SSSR count). The lowest BCUT2D eigenvalue weighted by Gasteiger charge is -1.92. The molecular weight excluding hydrogens is 183 g/mol. The Balaban J connectivity index is 2.32. The van der Waals surface area contributed by atoms with Crippen LogP contribution in [0, 0.1) is 5.82 Å². The number of rotatable bonds is 3. The number of imidazole rings is 1. The van der Waals surface area contributed by atoms with E-state index >= 15 is 0 Å². The molecule has 0 unspecified atom stereocenters. The van der Waals surface area contributed by atoms with E-state index in [-0.39, 0.29) is 5.82 Å². The SMILES string of the molecule is COCCc1nc2ccc(F)cc2[nH]1. The summed E-state index contributed by atoms with van der Waals surface area (Å²) in [6.45, 7) is 0.613. The minimum Gasteiger partial charge on any atom is -0.384 e. The van der Waals surface area contributed by atoms with Crippen LogP contribution in [0.25, 0.3) is 11.0 Å². The normalized spacial score (nSPS) is 11.0. The highest BCUT2D eigenvalue weighted by atomic mass is 19.1. The van der Waals surface area contributed by atoms with Gasteiger partial charge >= 0.3 is 0 Å². The van der Waals surface area contributed by atoms with Crippen LogP contribution in [-0.2, 0) is 11.2 Å². The molecule has 0 aliphatic carbocycles. The predicted molar refractivity (Wildman–Crippen MR) is 51.6 cm³/mol. The zero-order valence-corrected chi connectivity index (χ0v) is 7.88. The van der Waals surface area contributed by atoms with Gasteiger partial charge in [-0.15, -0.1) is 0 Å². The zero-order valence-electron chi connectivity index (χ0n) is 7.88. The van der Waals surface area contributed by atoms with Gasteiger partial charge in [0.1, 0.15) is 11.6 Å². The van der Waals surface area contributed by atoms with Crippen LogP contribution in [0.2, 0.25) is 0 Å². The third kappa shape index (κ3) is 1.75. The Kier molecular flexibility index (Phi) is 2.45. The fraction of sp³-hybridized carbons (Fsp3) is 0.300. The highest BCUT2D eigenvalue weighted by molar-refractivity contribution is 5.74. The number of methoxy groups -OCH3 is 1. The summed E-state index contributed by atoms with van der Waals surface area (Å²) in [4.78, 5) is 7.33. The number of hydrogen-bond acceptors (Lipinski definition) is 2. The molecule has 4 heteroatoms. The van der Waals surface area contributed by atoms with E-state index in [1.807, 2.05) is 0 Å². The standard InChI is InChI=1S/C10H11FN2O/c1-14-5-4-10-12-8-3-2-7(11)6-9(8)13-10/h2-3,6H,4-5H2,1H3,(H,12,13). The van der Waals surface area contributed by atoms with Gasteiger partial charge in [0.2, 0.25) is 0 Å². The summed E-state index contributed by atoms with van der Waals surface area (Å²) in [6.07, 6.45) is 0.715. The maximum Gasteiger partial charge on any atom is 0.125 e. The van der Waals surface area contributed by atoms with Crippen molar-refractivity contribution in [2.45, 2.75) is 6.42 Å². The largest absolute Gasteiger partial charge is 0.384 e. The van der Waals surface area contributed by atoms with Gasteiger partial charge in [0, 0.05) is 13.5 Å². The van der Waals surface area contributed by atoms with E-state index in [1.165, 1.54) is 12.1 Å². The van der Waals surface area contributed by atoms with Crippen molar-refractivity contribution in [2.75, 3.05) is 13.7 Å². The van der Waals surface area contributed by atoms with Crippen LogP contribution in [0.4, 0.5) is 4.39 Å². The van der Waals surface area contributed by atoms with E-state index in [4.69, 9.17) is 4.74 Å². The second-order valence-corrected chi connectivity index (χ2v) is 3.09. The van der Waals surface area contributed by atoms with Crippen molar-refractivity contribution in [1.29, 1.82) is 0 Å². The first-order valence-corrected chi connectivity index (χ1v) is 4.42. The van der Waals surface area contributed by atoms with Gasteiger partial charge in [0.25, 0.3) is 0 Å². The predicted octanol–water partition coefficient (Wildman–Crippen LogP) is 1.89. The number of benzene rings is 1. The molecule has 0 aliphatic rings. The van der Waals surface area contributed by atoms with Crippen molar-refractivity contribution < 1.29 is 9.13 Å². The molecule has 0 amide bonds. The molecule has 2 aromatic rings. The second-order valence-electron chi connectivity index (χ2n) is 3.09. The van der Waals surface area contributed by atoms with E-state index in [1.54, 1.807) is 13.2 Å². The molecule has 0 aliphatic heterocycles. The van der Waals surface area contributed by atoms with Crippen LogP contribution in [0.3, 0.4) is 0 Å². The van der Waals surface area contributed by atoms with Crippen molar-refractivity contribution in [3.05, 3.63) is 29.8 Å². The molecule has 0 fully saturated rings. The van der Waals surface area contributed by atoms with E-state index in [0.717, 1.165) is 16.9 Å². The van der Waals surface area contributed by atoms with Crippen molar-refractivity contribution in [1.82, 2.24) is 9.97 Å². The average molecular weight is 194 g/mol. The lowest BCUT2D eigenvalue weighted by atomic mass is 10.3. The van der Waals surface area contributed by atoms with Gasteiger partial charge in [-0.25, -0.2) is 9.37 Å². The van der Waals surface area contributed by atoms with Crippen LogP contribution in [0.5, 0.6) is 0 Å². The van der Waals surface area contributed by atoms with Crippen LogP contribution in [-0.4, -0.2) is 23.7 Å². The maximum atomic E-state index is 12.8. The third-order valence-corrected chi connectivity index (χ3v) is 2.04. The number of hydrogen-bond donors (Lipinski definition) is 1. The lowest BCUT2D eigenvalue weighted by Crippen LogP contribution is -1.95. The summed E-state index contributed by atoms with van der Waals surface area (Å²) in [7, 11) is 1.64. The van der Waals surface area contributed by atoms with Crippen LogP contribution in [0.15, 0.2) is 18.2 Å². The number of ether oxygens (including phenoxy) is 1. The zero-order chi connectivity index (χ0) is 9.97. The minimum atomic E-state index is -0.251. The number of nitrogens with one attached hydrogen (secondary N) is 1. The smallest absolute Gasteiger partial charge is 0.125 e. The number of aromatic nitrogens is 2. The fourth-order valence-electron chi connectivity index (χ4n) is 1.35. The highest BCUT2D eigenvalue weighted by Crippen LogP contribution is 2.12. The van der Waals surface area contributed by atoms with Crippen molar-refractivity contribution in [3.8, 4) is 0 Å². The van der Waals surface area contributed by atoms with Gasteiger partial charge in [-0.05, 0) is 18.2 Å². The maximum absolute atomic E-state index is 12.8. The Morgan fingerprint density at radius 3 is 3.14 bits per heavy atom. The Hall–Kier alpha value is -1.42. The van der Waals surface area contributed by atoms with Crippen LogP contribution in [0.1, 0.15) is 5.82 Å². The fourth-order valence-corrected chi connectivity index (χ4v) is 1.35. The molecule has 0 saturated carbocycles. The first-order chi connectivity index (χ1) is 6.79. The van der Waals surface area contributed by atoms with Gasteiger partial charge in [0.15, 0.2) is 0 Å². The van der Waals surface area contributed by atoms with Crippen molar-refractivity contribution >= 4 is 11.0 Å². The number of nitrogens with zero attached hydrogens (tertiary/aromatic N) is 1. The molecule has 1 heterocycles. The van der Waals surface area contributed by atoms with E-state index in [9.17, 15) is 4.39 Å². The molecule has 1 N–H and O–H groups in total. The molecule has 0 saturated heterocycles. The number of fused-ring (bicyclic) bond motifs is 1. The summed E-state index contributed by atoms with van der Waals surface area (Å²) in [5.41, 5.74) is 1.52.